The van der Waals surface area contributed by atoms with E-state index in [0.29, 0.717) is 18.9 Å². The van der Waals surface area contributed by atoms with Gasteiger partial charge in [0.05, 0.1) is 32.8 Å². The summed E-state index contributed by atoms with van der Waals surface area (Å²) in [5, 5.41) is 3.25. The van der Waals surface area contributed by atoms with Crippen molar-refractivity contribution >= 4 is 5.82 Å². The third-order valence-electron chi connectivity index (χ3n) is 3.92. The van der Waals surface area contributed by atoms with Crippen molar-refractivity contribution in [2.75, 3.05) is 12.4 Å². The molecule has 7 nitrogen and oxygen atoms in total. The average Bonchev–Trinajstić information content (AvgIpc) is 3.33. The van der Waals surface area contributed by atoms with Gasteiger partial charge in [0.1, 0.15) is 17.8 Å². The van der Waals surface area contributed by atoms with Crippen LogP contribution in [0.25, 0.3) is 11.5 Å². The van der Waals surface area contributed by atoms with Gasteiger partial charge in [0, 0.05) is 0 Å². The van der Waals surface area contributed by atoms with Crippen LogP contribution in [0.3, 0.4) is 0 Å². The highest BCUT2D eigenvalue weighted by molar-refractivity contribution is 5.66. The van der Waals surface area contributed by atoms with Crippen molar-refractivity contribution in [1.82, 2.24) is 19.5 Å². The van der Waals surface area contributed by atoms with Crippen LogP contribution in [0.1, 0.15) is 11.3 Å². The largest absolute Gasteiger partial charge is 0.497 e. The molecule has 0 aliphatic carbocycles. The van der Waals surface area contributed by atoms with Crippen LogP contribution >= 0.6 is 0 Å². The van der Waals surface area contributed by atoms with Crippen LogP contribution < -0.4 is 10.1 Å². The van der Waals surface area contributed by atoms with Gasteiger partial charge in [0.2, 0.25) is 0 Å². The molecule has 0 unspecified atom stereocenters. The number of imidazole rings is 1. The fourth-order valence-corrected chi connectivity index (χ4v) is 2.64. The molecule has 1 N–H and O–H groups in total. The number of benzene rings is 1. The van der Waals surface area contributed by atoms with E-state index in [4.69, 9.17) is 9.15 Å². The van der Waals surface area contributed by atoms with Gasteiger partial charge in [-0.1, -0.05) is 12.1 Å². The number of nitrogens with zero attached hydrogens (tertiary/aromatic N) is 4. The van der Waals surface area contributed by atoms with Gasteiger partial charge in [0.15, 0.2) is 17.3 Å². The van der Waals surface area contributed by atoms with E-state index in [-0.39, 0.29) is 0 Å². The first-order chi connectivity index (χ1) is 12.3. The Morgan fingerprint density at radius 1 is 1.12 bits per heavy atom. The highest BCUT2D eigenvalue weighted by atomic mass is 16.5. The highest BCUT2D eigenvalue weighted by Crippen LogP contribution is 2.25. The maximum absolute atomic E-state index is 5.33. The van der Waals surface area contributed by atoms with E-state index < -0.39 is 0 Å². The van der Waals surface area contributed by atoms with Crippen LogP contribution in [0.4, 0.5) is 5.82 Å². The van der Waals surface area contributed by atoms with E-state index in [0.717, 1.165) is 28.6 Å². The van der Waals surface area contributed by atoms with Crippen molar-refractivity contribution in [2.45, 2.75) is 13.1 Å². The molecule has 0 fully saturated rings. The molecule has 0 amide bonds. The molecule has 7 heteroatoms. The van der Waals surface area contributed by atoms with E-state index in [1.807, 2.05) is 41.0 Å². The predicted octanol–water partition coefficient (Wildman–Crippen LogP) is 3.04. The van der Waals surface area contributed by atoms with Gasteiger partial charge >= 0.3 is 0 Å². The lowest BCUT2D eigenvalue weighted by molar-refractivity contribution is 0.414. The van der Waals surface area contributed by atoms with Gasteiger partial charge in [0.25, 0.3) is 0 Å². The molecule has 0 atom stereocenters. The summed E-state index contributed by atoms with van der Waals surface area (Å²) in [6.45, 7) is 1.20. The number of anilines is 1. The molecule has 1 aromatic carbocycles. The summed E-state index contributed by atoms with van der Waals surface area (Å²) in [4.78, 5) is 13.2. The summed E-state index contributed by atoms with van der Waals surface area (Å²) in [5.74, 6) is 3.15. The van der Waals surface area contributed by atoms with Crippen LogP contribution in [-0.4, -0.2) is 26.6 Å². The number of rotatable bonds is 6. The fourth-order valence-electron chi connectivity index (χ4n) is 2.64. The lowest BCUT2D eigenvalue weighted by atomic mass is 10.2. The summed E-state index contributed by atoms with van der Waals surface area (Å²) >= 11 is 0. The Morgan fingerprint density at radius 2 is 2.00 bits per heavy atom. The van der Waals surface area contributed by atoms with Gasteiger partial charge in [-0.25, -0.2) is 15.0 Å². The van der Waals surface area contributed by atoms with Crippen LogP contribution in [-0.2, 0) is 13.1 Å². The molecule has 2 aliphatic heterocycles. The second-order valence-corrected chi connectivity index (χ2v) is 5.55. The normalized spacial score (nSPS) is 10.9. The first-order valence-electron chi connectivity index (χ1n) is 7.88. The monoisotopic (exact) mass is 335 g/mol. The molecular formula is C18H17N5O2. The second-order valence-electron chi connectivity index (χ2n) is 5.55. The minimum atomic E-state index is 0.546. The van der Waals surface area contributed by atoms with Gasteiger partial charge < -0.3 is 19.0 Å². The lowest BCUT2D eigenvalue weighted by Gasteiger charge is -2.14. The Kier molecular flexibility index (Phi) is 4.04. The van der Waals surface area contributed by atoms with Gasteiger partial charge in [-0.3, -0.25) is 0 Å². The topological polar surface area (TPSA) is 78.0 Å². The van der Waals surface area contributed by atoms with E-state index in [9.17, 15) is 0 Å². The molecule has 3 heterocycles. The molecule has 0 saturated carbocycles. The first-order valence-corrected chi connectivity index (χ1v) is 7.88. The third-order valence-corrected chi connectivity index (χ3v) is 3.92. The highest BCUT2D eigenvalue weighted by Gasteiger charge is 2.17. The fraction of sp³-hybridized carbons (Fsp3) is 0.167. The molecule has 4 rings (SSSR count). The number of nitrogens with one attached hydrogen (secondary N) is 1. The minimum absolute atomic E-state index is 0.546. The Hall–Kier alpha value is -3.35. The molecule has 25 heavy (non-hydrogen) atoms. The van der Waals surface area contributed by atoms with Gasteiger partial charge in [-0.15, -0.1) is 0 Å². The number of methoxy groups -OCH3 is 1. The minimum Gasteiger partial charge on any atom is -0.497 e. The van der Waals surface area contributed by atoms with E-state index in [2.05, 4.69) is 20.3 Å². The van der Waals surface area contributed by atoms with Crippen molar-refractivity contribution in [3.8, 4) is 17.3 Å². The van der Waals surface area contributed by atoms with E-state index in [1.165, 1.54) is 0 Å². The number of aromatic nitrogens is 4. The predicted molar refractivity (Wildman–Crippen MR) is 92.6 cm³/mol. The summed E-state index contributed by atoms with van der Waals surface area (Å²) in [7, 11) is 1.66. The number of hydrogen-bond donors (Lipinski definition) is 1. The summed E-state index contributed by atoms with van der Waals surface area (Å²) in [6.07, 6.45) is 4.97. The number of hydrogen-bond acceptors (Lipinski definition) is 6. The van der Waals surface area contributed by atoms with Crippen molar-refractivity contribution in [2.24, 2.45) is 0 Å². The number of furan rings is 1. The summed E-state index contributed by atoms with van der Waals surface area (Å²) in [5.41, 5.74) is 1.87. The van der Waals surface area contributed by atoms with Crippen molar-refractivity contribution in [3.63, 3.8) is 0 Å². The third kappa shape index (κ3) is 3.16. The molecule has 2 aliphatic rings. The van der Waals surface area contributed by atoms with Gasteiger partial charge in [-0.2, -0.15) is 0 Å². The molecule has 0 saturated heterocycles. The molecular weight excluding hydrogens is 318 g/mol. The zero-order valence-corrected chi connectivity index (χ0v) is 13.7. The smallest absolute Gasteiger partial charge is 0.165 e. The Labute approximate surface area is 144 Å². The molecule has 0 spiro atoms. The Morgan fingerprint density at radius 3 is 2.76 bits per heavy atom. The zero-order valence-electron chi connectivity index (χ0n) is 13.7. The standard InChI is InChI=1S/C18H17N5O2/c1-24-14-6-4-13(5-7-14)10-23-12-22-17(16-18(23)21-11-20-16)19-9-15-3-2-8-25-15/h2-8,11-12,19H,9-10H2,1H3. The van der Waals surface area contributed by atoms with Crippen LogP contribution in [0.15, 0.2) is 59.7 Å². The van der Waals surface area contributed by atoms with Gasteiger partial charge in [-0.05, 0) is 29.8 Å². The first kappa shape index (κ1) is 15.2. The second kappa shape index (κ2) is 6.64. The Balaban J connectivity index is 1.56. The van der Waals surface area contributed by atoms with Crippen molar-refractivity contribution in [1.29, 1.82) is 0 Å². The quantitative estimate of drug-likeness (QED) is 0.583. The maximum atomic E-state index is 5.33. The summed E-state index contributed by atoms with van der Waals surface area (Å²) in [6, 6.07) is 11.7. The lowest BCUT2D eigenvalue weighted by Crippen LogP contribution is -2.10. The van der Waals surface area contributed by atoms with Crippen LogP contribution in [0.2, 0.25) is 0 Å². The zero-order chi connectivity index (χ0) is 17.1. The van der Waals surface area contributed by atoms with Crippen LogP contribution in [0, 0.1) is 0 Å². The average molecular weight is 335 g/mol. The molecule has 2 aromatic rings. The van der Waals surface area contributed by atoms with E-state index >= 15 is 0 Å². The summed E-state index contributed by atoms with van der Waals surface area (Å²) < 4.78 is 12.5. The Bertz CT molecular complexity index is 915. The van der Waals surface area contributed by atoms with Crippen molar-refractivity contribution in [3.05, 3.63) is 66.6 Å². The molecule has 126 valence electrons. The molecule has 1 aromatic heterocycles. The van der Waals surface area contributed by atoms with Crippen LogP contribution in [0.5, 0.6) is 5.75 Å². The molecule has 0 bridgehead atoms. The number of fused-ring (bicyclic) bond motifs is 1. The molecule has 0 radical (unpaired) electrons. The number of ether oxygens (including phenoxy) is 1. The van der Waals surface area contributed by atoms with E-state index in [1.54, 1.807) is 26.0 Å². The van der Waals surface area contributed by atoms with Crippen molar-refractivity contribution < 1.29 is 9.15 Å². The maximum Gasteiger partial charge on any atom is 0.165 e. The SMILES string of the molecule is COc1ccc(Cn2cnc(NCc3ccco3)c3ncnc2-3)cc1.